The number of rotatable bonds is 0. The summed E-state index contributed by atoms with van der Waals surface area (Å²) in [6.07, 6.45) is -29.9. The normalized spacial score (nSPS) is 39.1. The monoisotopic (exact) mass is 399 g/mol. The summed E-state index contributed by atoms with van der Waals surface area (Å²) < 4.78 is 191. The molecule has 0 aromatic heterocycles. The molecule has 144 valence electrons. The molecule has 1 fully saturated rings. The summed E-state index contributed by atoms with van der Waals surface area (Å²) in [5.41, 5.74) is 0. The van der Waals surface area contributed by atoms with Gasteiger partial charge in [0.1, 0.15) is 0 Å². The van der Waals surface area contributed by atoms with Crippen LogP contribution in [0.25, 0.3) is 0 Å². The summed E-state index contributed by atoms with van der Waals surface area (Å²) in [5, 5.41) is -4.27. The molecule has 0 aromatic carbocycles. The van der Waals surface area contributed by atoms with Crippen LogP contribution in [0.15, 0.2) is 0 Å². The molecule has 2 nitrogen and oxygen atoms in total. The van der Waals surface area contributed by atoms with E-state index in [9.17, 15) is 65.9 Å². The van der Waals surface area contributed by atoms with Crippen LogP contribution in [0.2, 0.25) is 0 Å². The van der Waals surface area contributed by atoms with E-state index in [-0.39, 0.29) is 0 Å². The van der Waals surface area contributed by atoms with Crippen molar-refractivity contribution >= 4 is 0 Å². The molecule has 0 aromatic rings. The highest BCUT2D eigenvalue weighted by Gasteiger charge is 2.97. The third kappa shape index (κ3) is 2.15. The molecular formula is C7F15NO. The molecule has 0 amide bonds. The zero-order chi connectivity index (χ0) is 19.8. The largest absolute Gasteiger partial charge is 0.454 e. The maximum absolute atomic E-state index is 13.5. The third-order valence-corrected chi connectivity index (χ3v) is 2.74. The predicted octanol–water partition coefficient (Wildman–Crippen LogP) is 4.48. The van der Waals surface area contributed by atoms with E-state index in [0.29, 0.717) is 0 Å². The highest BCUT2D eigenvalue weighted by atomic mass is 19.4. The van der Waals surface area contributed by atoms with Crippen molar-refractivity contribution in [3.05, 3.63) is 0 Å². The molecule has 0 aliphatic carbocycles. The predicted molar refractivity (Wildman–Crippen MR) is 38.7 cm³/mol. The second-order valence-electron chi connectivity index (χ2n) is 4.23. The molecular weight excluding hydrogens is 399 g/mol. The van der Waals surface area contributed by atoms with Crippen molar-refractivity contribution in [1.29, 1.82) is 0 Å². The minimum absolute atomic E-state index is 1.58. The molecule has 0 N–H and O–H groups in total. The van der Waals surface area contributed by atoms with Crippen LogP contribution >= 0.6 is 0 Å². The second kappa shape index (κ2) is 4.73. The van der Waals surface area contributed by atoms with Crippen LogP contribution in [0.1, 0.15) is 0 Å². The summed E-state index contributed by atoms with van der Waals surface area (Å²) >= 11 is 0. The second-order valence-corrected chi connectivity index (χ2v) is 4.23. The van der Waals surface area contributed by atoms with Gasteiger partial charge in [0, 0.05) is 0 Å². The Kier molecular flexibility index (Phi) is 4.12. The smallest absolute Gasteiger partial charge is 0.266 e. The summed E-state index contributed by atoms with van der Waals surface area (Å²) in [7, 11) is 0. The third-order valence-electron chi connectivity index (χ3n) is 2.74. The molecule has 0 spiro atoms. The van der Waals surface area contributed by atoms with Gasteiger partial charge in [0.05, 0.1) is 0 Å². The van der Waals surface area contributed by atoms with Crippen molar-refractivity contribution in [2.24, 2.45) is 0 Å². The summed E-state index contributed by atoms with van der Waals surface area (Å²) in [6.45, 7) is 0. The lowest BCUT2D eigenvalue weighted by Crippen LogP contribution is -2.85. The van der Waals surface area contributed by atoms with Crippen LogP contribution < -0.4 is 0 Å². The molecule has 0 saturated carbocycles. The van der Waals surface area contributed by atoms with E-state index >= 15 is 0 Å². The first kappa shape index (κ1) is 20.9. The molecule has 0 radical (unpaired) electrons. The lowest BCUT2D eigenvalue weighted by Gasteiger charge is -2.53. The van der Waals surface area contributed by atoms with Crippen molar-refractivity contribution in [1.82, 2.24) is 5.12 Å². The van der Waals surface area contributed by atoms with Gasteiger partial charge in [0.15, 0.2) is 0 Å². The Labute approximate surface area is 119 Å². The number of morpholine rings is 1. The standard InChI is InChI=1S/C7F15NO/c8-1(4(11,12)13)3(10,6(17,18)19)24-7(20,21)2(9,23(1)22)5(14,15)16. The lowest BCUT2D eigenvalue weighted by molar-refractivity contribution is -0.602. The van der Waals surface area contributed by atoms with Crippen LogP contribution in [0.4, 0.5) is 65.9 Å². The molecule has 1 aliphatic heterocycles. The van der Waals surface area contributed by atoms with Gasteiger partial charge in [-0.05, 0) is 5.12 Å². The van der Waals surface area contributed by atoms with Crippen molar-refractivity contribution in [2.75, 3.05) is 0 Å². The molecule has 3 unspecified atom stereocenters. The number of halogens is 15. The summed E-state index contributed by atoms with van der Waals surface area (Å²) in [4.78, 5) is 0. The maximum Gasteiger partial charge on any atom is 0.454 e. The van der Waals surface area contributed by atoms with Gasteiger partial charge in [0.2, 0.25) is 0 Å². The van der Waals surface area contributed by atoms with Gasteiger partial charge >= 0.3 is 42.1 Å². The first-order chi connectivity index (χ1) is 10.1. The highest BCUT2D eigenvalue weighted by molar-refractivity contribution is 5.12. The fraction of sp³-hybridized carbons (Fsp3) is 1.00. The SMILES string of the molecule is FN1C(F)(C(F)(F)F)C(F)(F)OC(F)(C(F)(F)F)C1(F)C(F)(F)F. The quantitative estimate of drug-likeness (QED) is 0.339. The van der Waals surface area contributed by atoms with Crippen molar-refractivity contribution in [3.63, 3.8) is 0 Å². The highest BCUT2D eigenvalue weighted by Crippen LogP contribution is 2.65. The molecule has 24 heavy (non-hydrogen) atoms. The van der Waals surface area contributed by atoms with E-state index in [4.69, 9.17) is 0 Å². The molecule has 0 bridgehead atoms. The molecule has 3 atom stereocenters. The van der Waals surface area contributed by atoms with Gasteiger partial charge in [0.25, 0.3) is 0 Å². The summed E-state index contributed by atoms with van der Waals surface area (Å²) in [5.74, 6) is -22.5. The molecule has 1 rings (SSSR count). The Morgan fingerprint density at radius 3 is 1.17 bits per heavy atom. The molecule has 1 aliphatic rings. The first-order valence-corrected chi connectivity index (χ1v) is 4.92. The fourth-order valence-corrected chi connectivity index (χ4v) is 1.58. The Morgan fingerprint density at radius 1 is 0.583 bits per heavy atom. The number of hydrogen-bond donors (Lipinski definition) is 0. The Bertz CT molecular complexity index is 507. The number of nitrogens with zero attached hydrogens (tertiary/aromatic N) is 1. The van der Waals surface area contributed by atoms with Crippen LogP contribution in [-0.2, 0) is 4.74 Å². The van der Waals surface area contributed by atoms with E-state index in [1.54, 1.807) is 4.74 Å². The topological polar surface area (TPSA) is 12.5 Å². The van der Waals surface area contributed by atoms with Crippen LogP contribution in [0.3, 0.4) is 0 Å². The van der Waals surface area contributed by atoms with Crippen LogP contribution in [-0.4, -0.2) is 47.2 Å². The van der Waals surface area contributed by atoms with E-state index in [1.165, 1.54) is 0 Å². The van der Waals surface area contributed by atoms with Crippen LogP contribution in [0, 0.1) is 0 Å². The van der Waals surface area contributed by atoms with E-state index < -0.39 is 47.2 Å². The number of alkyl halides is 14. The number of ether oxygens (including phenoxy) is 1. The number of hydrogen-bond acceptors (Lipinski definition) is 2. The van der Waals surface area contributed by atoms with Gasteiger partial charge in [-0.2, -0.15) is 52.7 Å². The zero-order valence-electron chi connectivity index (χ0n) is 10.0. The Balaban J connectivity index is 3.88. The maximum atomic E-state index is 13.5. The Hall–Kier alpha value is -1.13. The summed E-state index contributed by atoms with van der Waals surface area (Å²) in [6, 6.07) is 0. The van der Waals surface area contributed by atoms with Gasteiger partial charge < -0.3 is 0 Å². The minimum atomic E-state index is -7.66. The average molecular weight is 399 g/mol. The van der Waals surface area contributed by atoms with E-state index in [1.807, 2.05) is 0 Å². The van der Waals surface area contributed by atoms with Crippen molar-refractivity contribution < 1.29 is 70.7 Å². The first-order valence-electron chi connectivity index (χ1n) is 4.92. The zero-order valence-corrected chi connectivity index (χ0v) is 10.0. The van der Waals surface area contributed by atoms with Crippen molar-refractivity contribution in [2.45, 2.75) is 42.1 Å². The molecule has 1 saturated heterocycles. The average Bonchev–Trinajstić information content (AvgIpc) is 2.29. The fourth-order valence-electron chi connectivity index (χ4n) is 1.58. The van der Waals surface area contributed by atoms with Gasteiger partial charge in [-0.3, -0.25) is 4.74 Å². The van der Waals surface area contributed by atoms with Gasteiger partial charge in [-0.15, -0.1) is 4.48 Å². The molecule has 1 heterocycles. The van der Waals surface area contributed by atoms with E-state index in [2.05, 4.69) is 0 Å². The lowest BCUT2D eigenvalue weighted by atomic mass is 9.97. The molecule has 17 heteroatoms. The van der Waals surface area contributed by atoms with Gasteiger partial charge in [-0.1, -0.05) is 0 Å². The van der Waals surface area contributed by atoms with E-state index in [0.717, 1.165) is 0 Å². The van der Waals surface area contributed by atoms with Crippen molar-refractivity contribution in [3.8, 4) is 0 Å². The minimum Gasteiger partial charge on any atom is -0.266 e. The van der Waals surface area contributed by atoms with Gasteiger partial charge in [-0.25, -0.2) is 8.78 Å². The Morgan fingerprint density at radius 2 is 0.917 bits per heavy atom. The van der Waals surface area contributed by atoms with Crippen LogP contribution in [0.5, 0.6) is 0 Å².